The van der Waals surface area contributed by atoms with Gasteiger partial charge in [0.15, 0.2) is 0 Å². The Bertz CT molecular complexity index is 134. The third-order valence-corrected chi connectivity index (χ3v) is 2.77. The Balaban J connectivity index is 2.46. The van der Waals surface area contributed by atoms with Gasteiger partial charge in [0.2, 0.25) is 0 Å². The lowest BCUT2D eigenvalue weighted by atomic mass is 10.0. The highest BCUT2D eigenvalue weighted by atomic mass is 15.1. The average molecular weight is 170 g/mol. The number of rotatable bonds is 1. The van der Waals surface area contributed by atoms with E-state index in [1.54, 1.807) is 0 Å². The zero-order valence-corrected chi connectivity index (χ0v) is 8.59. The lowest BCUT2D eigenvalue weighted by Gasteiger charge is -2.26. The number of nitrogens with zero attached hydrogens (tertiary/aromatic N) is 1. The molecular formula is C10H22N2. The quantitative estimate of drug-likeness (QED) is 0.645. The summed E-state index contributed by atoms with van der Waals surface area (Å²) in [6, 6.07) is 1.11. The molecule has 0 radical (unpaired) electrons. The number of hydrogen-bond acceptors (Lipinski definition) is 2. The molecule has 0 aliphatic carbocycles. The van der Waals surface area contributed by atoms with Crippen molar-refractivity contribution < 1.29 is 0 Å². The summed E-state index contributed by atoms with van der Waals surface area (Å²) < 4.78 is 0. The normalized spacial score (nSPS) is 33.8. The van der Waals surface area contributed by atoms with Crippen LogP contribution in [-0.2, 0) is 0 Å². The van der Waals surface area contributed by atoms with E-state index < -0.39 is 0 Å². The molecule has 1 aliphatic heterocycles. The lowest BCUT2D eigenvalue weighted by Crippen LogP contribution is -2.34. The van der Waals surface area contributed by atoms with Gasteiger partial charge in [0.1, 0.15) is 0 Å². The zero-order chi connectivity index (χ0) is 9.14. The molecule has 12 heavy (non-hydrogen) atoms. The minimum Gasteiger partial charge on any atom is -0.328 e. The largest absolute Gasteiger partial charge is 0.328 e. The molecule has 2 N–H and O–H groups in total. The lowest BCUT2D eigenvalue weighted by molar-refractivity contribution is 0.208. The van der Waals surface area contributed by atoms with E-state index in [-0.39, 0.29) is 0 Å². The summed E-state index contributed by atoms with van der Waals surface area (Å²) in [5.41, 5.74) is 5.96. The Morgan fingerprint density at radius 2 is 2.08 bits per heavy atom. The number of nitrogens with two attached hydrogens (primary N) is 1. The number of likely N-dealkylation sites (tertiary alicyclic amines) is 1. The first-order valence-corrected chi connectivity index (χ1v) is 5.09. The van der Waals surface area contributed by atoms with Crippen LogP contribution >= 0.6 is 0 Å². The molecule has 0 spiro atoms. The van der Waals surface area contributed by atoms with Crippen molar-refractivity contribution in [3.05, 3.63) is 0 Å². The van der Waals surface area contributed by atoms with Crippen molar-refractivity contribution in [1.29, 1.82) is 0 Å². The molecule has 2 nitrogen and oxygen atoms in total. The maximum Gasteiger partial charge on any atom is 0.00540 e. The van der Waals surface area contributed by atoms with Gasteiger partial charge in [0, 0.05) is 18.6 Å². The first-order valence-electron chi connectivity index (χ1n) is 5.09. The molecule has 2 atom stereocenters. The molecule has 1 fully saturated rings. The van der Waals surface area contributed by atoms with Crippen LogP contribution in [0.1, 0.15) is 33.6 Å². The molecular weight excluding hydrogens is 148 g/mol. The van der Waals surface area contributed by atoms with Crippen LogP contribution in [-0.4, -0.2) is 30.1 Å². The average Bonchev–Trinajstić information content (AvgIpc) is 2.11. The van der Waals surface area contributed by atoms with Gasteiger partial charge in [-0.05, 0) is 39.2 Å². The predicted octanol–water partition coefficient (Wildman–Crippen LogP) is 1.45. The Kier molecular flexibility index (Phi) is 3.53. The second-order valence-corrected chi connectivity index (χ2v) is 4.48. The van der Waals surface area contributed by atoms with E-state index in [0.29, 0.717) is 12.1 Å². The number of hydrogen-bond donors (Lipinski definition) is 1. The van der Waals surface area contributed by atoms with Gasteiger partial charge in [-0.3, -0.25) is 0 Å². The van der Waals surface area contributed by atoms with E-state index in [1.165, 1.54) is 25.9 Å². The smallest absolute Gasteiger partial charge is 0.00540 e. The van der Waals surface area contributed by atoms with Crippen molar-refractivity contribution in [2.75, 3.05) is 13.1 Å². The summed E-state index contributed by atoms with van der Waals surface area (Å²) in [5, 5.41) is 0. The molecule has 2 unspecified atom stereocenters. The molecule has 0 aromatic carbocycles. The summed E-state index contributed by atoms with van der Waals surface area (Å²) in [5.74, 6) is 0.768. The maximum atomic E-state index is 5.96. The minimum atomic E-state index is 0.434. The van der Waals surface area contributed by atoms with Crippen LogP contribution < -0.4 is 5.73 Å². The first kappa shape index (κ1) is 10.0. The van der Waals surface area contributed by atoms with Gasteiger partial charge in [-0.2, -0.15) is 0 Å². The highest BCUT2D eigenvalue weighted by Gasteiger charge is 2.20. The third-order valence-electron chi connectivity index (χ3n) is 2.77. The summed E-state index contributed by atoms with van der Waals surface area (Å²) in [6.45, 7) is 9.25. The Labute approximate surface area is 76.1 Å². The SMILES string of the molecule is CC1CC(N)CCN(C(C)C)C1. The monoisotopic (exact) mass is 170 g/mol. The van der Waals surface area contributed by atoms with Crippen LogP contribution in [0.15, 0.2) is 0 Å². The molecule has 1 aliphatic rings. The van der Waals surface area contributed by atoms with Gasteiger partial charge < -0.3 is 10.6 Å². The van der Waals surface area contributed by atoms with Crippen LogP contribution in [0, 0.1) is 5.92 Å². The van der Waals surface area contributed by atoms with E-state index >= 15 is 0 Å². The van der Waals surface area contributed by atoms with Gasteiger partial charge in [0.25, 0.3) is 0 Å². The van der Waals surface area contributed by atoms with Crippen LogP contribution in [0.5, 0.6) is 0 Å². The van der Waals surface area contributed by atoms with Crippen LogP contribution in [0.2, 0.25) is 0 Å². The molecule has 0 saturated carbocycles. The van der Waals surface area contributed by atoms with E-state index in [1.807, 2.05) is 0 Å². The molecule has 0 aromatic heterocycles. The second kappa shape index (κ2) is 4.24. The Hall–Kier alpha value is -0.0800. The fourth-order valence-electron chi connectivity index (χ4n) is 2.00. The Morgan fingerprint density at radius 3 is 2.67 bits per heavy atom. The van der Waals surface area contributed by atoms with Gasteiger partial charge in [-0.15, -0.1) is 0 Å². The summed E-state index contributed by atoms with van der Waals surface area (Å²) in [6.07, 6.45) is 2.37. The fourth-order valence-corrected chi connectivity index (χ4v) is 2.00. The van der Waals surface area contributed by atoms with Crippen molar-refractivity contribution in [3.8, 4) is 0 Å². The molecule has 0 bridgehead atoms. The first-order chi connectivity index (χ1) is 5.59. The molecule has 2 heteroatoms. The standard InChI is InChI=1S/C10H22N2/c1-8(2)12-5-4-10(11)6-9(3)7-12/h8-10H,4-7,11H2,1-3H3. The van der Waals surface area contributed by atoms with E-state index in [9.17, 15) is 0 Å². The van der Waals surface area contributed by atoms with Crippen LogP contribution in [0.25, 0.3) is 0 Å². The zero-order valence-electron chi connectivity index (χ0n) is 8.59. The van der Waals surface area contributed by atoms with Gasteiger partial charge in [0.05, 0.1) is 0 Å². The molecule has 72 valence electrons. The van der Waals surface area contributed by atoms with Crippen molar-refractivity contribution in [2.24, 2.45) is 11.7 Å². The van der Waals surface area contributed by atoms with E-state index in [2.05, 4.69) is 25.7 Å². The third kappa shape index (κ3) is 2.76. The summed E-state index contributed by atoms with van der Waals surface area (Å²) in [4.78, 5) is 2.54. The van der Waals surface area contributed by atoms with Gasteiger partial charge >= 0.3 is 0 Å². The predicted molar refractivity (Wildman–Crippen MR) is 53.1 cm³/mol. The Morgan fingerprint density at radius 1 is 1.42 bits per heavy atom. The molecule has 0 amide bonds. The highest BCUT2D eigenvalue weighted by Crippen LogP contribution is 2.16. The van der Waals surface area contributed by atoms with Crippen LogP contribution in [0.4, 0.5) is 0 Å². The van der Waals surface area contributed by atoms with Gasteiger partial charge in [-0.1, -0.05) is 6.92 Å². The topological polar surface area (TPSA) is 29.3 Å². The minimum absolute atomic E-state index is 0.434. The van der Waals surface area contributed by atoms with E-state index in [4.69, 9.17) is 5.73 Å². The van der Waals surface area contributed by atoms with Crippen molar-refractivity contribution >= 4 is 0 Å². The molecule has 1 saturated heterocycles. The molecule has 1 rings (SSSR count). The molecule has 0 aromatic rings. The van der Waals surface area contributed by atoms with Crippen molar-refractivity contribution in [3.63, 3.8) is 0 Å². The second-order valence-electron chi connectivity index (χ2n) is 4.48. The summed E-state index contributed by atoms with van der Waals surface area (Å²) >= 11 is 0. The highest BCUT2D eigenvalue weighted by molar-refractivity contribution is 4.77. The molecule has 1 heterocycles. The van der Waals surface area contributed by atoms with Crippen molar-refractivity contribution in [2.45, 2.75) is 45.7 Å². The van der Waals surface area contributed by atoms with Gasteiger partial charge in [-0.25, -0.2) is 0 Å². The van der Waals surface area contributed by atoms with Crippen LogP contribution in [0.3, 0.4) is 0 Å². The maximum absolute atomic E-state index is 5.96. The fraction of sp³-hybridized carbons (Fsp3) is 1.00. The summed E-state index contributed by atoms with van der Waals surface area (Å²) in [7, 11) is 0. The van der Waals surface area contributed by atoms with Crippen molar-refractivity contribution in [1.82, 2.24) is 4.90 Å². The van der Waals surface area contributed by atoms with E-state index in [0.717, 1.165) is 5.92 Å².